The molecule has 0 radical (unpaired) electrons. The zero-order valence-corrected chi connectivity index (χ0v) is 17.0. The van der Waals surface area contributed by atoms with Gasteiger partial charge < -0.3 is 15.2 Å². The minimum Gasteiger partial charge on any atom is -0.506 e. The molecule has 6 heteroatoms. The third-order valence-electron chi connectivity index (χ3n) is 4.01. The van der Waals surface area contributed by atoms with Gasteiger partial charge in [0.1, 0.15) is 11.3 Å². The minimum absolute atomic E-state index is 0.0132. The molecule has 0 aliphatic heterocycles. The van der Waals surface area contributed by atoms with Gasteiger partial charge in [-0.05, 0) is 79.4 Å². The largest absolute Gasteiger partial charge is 0.506 e. The highest BCUT2D eigenvalue weighted by Crippen LogP contribution is 2.30. The molecule has 5 nitrogen and oxygen atoms in total. The number of esters is 1. The Bertz CT molecular complexity index is 853. The zero-order valence-electron chi connectivity index (χ0n) is 15.4. The van der Waals surface area contributed by atoms with E-state index in [9.17, 15) is 14.7 Å². The first kappa shape index (κ1) is 20.0. The van der Waals surface area contributed by atoms with E-state index in [4.69, 9.17) is 4.74 Å². The van der Waals surface area contributed by atoms with Crippen molar-refractivity contribution < 1.29 is 19.4 Å². The van der Waals surface area contributed by atoms with Crippen LogP contribution in [0.4, 0.5) is 5.69 Å². The van der Waals surface area contributed by atoms with Gasteiger partial charge in [-0.3, -0.25) is 4.79 Å². The summed E-state index contributed by atoms with van der Waals surface area (Å²) < 4.78 is 5.63. The minimum atomic E-state index is -1.01. The molecule has 2 aromatic rings. The Hall–Kier alpha value is -2.34. The number of aromatic hydroxyl groups is 1. The van der Waals surface area contributed by atoms with Gasteiger partial charge in [0.05, 0.1) is 4.47 Å². The fraction of sp³-hybridized carbons (Fsp3) is 0.300. The van der Waals surface area contributed by atoms with Gasteiger partial charge in [-0.2, -0.15) is 0 Å². The lowest BCUT2D eigenvalue weighted by Gasteiger charge is -2.17. The van der Waals surface area contributed by atoms with Crippen LogP contribution in [0.2, 0.25) is 0 Å². The van der Waals surface area contributed by atoms with E-state index in [1.807, 2.05) is 32.9 Å². The lowest BCUT2D eigenvalue weighted by molar-refractivity contribution is -0.123. The SMILES string of the molecule is Cc1cc(C)c(NC(=O)C(C)OC(=O)c2cc(C)cc(Br)c2O)c(C)c1. The molecular formula is C20H22BrNO4. The number of benzene rings is 2. The average Bonchev–Trinajstić information content (AvgIpc) is 2.53. The van der Waals surface area contributed by atoms with E-state index < -0.39 is 18.0 Å². The summed E-state index contributed by atoms with van der Waals surface area (Å²) >= 11 is 3.19. The topological polar surface area (TPSA) is 75.6 Å². The summed E-state index contributed by atoms with van der Waals surface area (Å²) in [5.74, 6) is -1.40. The Morgan fingerprint density at radius 2 is 1.58 bits per heavy atom. The molecule has 0 spiro atoms. The molecule has 0 aliphatic rings. The third kappa shape index (κ3) is 4.43. The second kappa shape index (κ2) is 7.91. The summed E-state index contributed by atoms with van der Waals surface area (Å²) in [5.41, 5.74) is 4.50. The highest BCUT2D eigenvalue weighted by atomic mass is 79.9. The Labute approximate surface area is 161 Å². The number of rotatable bonds is 4. The lowest BCUT2D eigenvalue weighted by atomic mass is 10.0. The molecule has 0 saturated carbocycles. The Morgan fingerprint density at radius 3 is 2.15 bits per heavy atom. The Morgan fingerprint density at radius 1 is 1.04 bits per heavy atom. The maximum atomic E-state index is 12.4. The van der Waals surface area contributed by atoms with Crippen molar-refractivity contribution in [3.05, 3.63) is 56.6 Å². The van der Waals surface area contributed by atoms with Gasteiger partial charge in [0, 0.05) is 5.69 Å². The number of aryl methyl sites for hydroxylation is 4. The van der Waals surface area contributed by atoms with Crippen LogP contribution in [-0.2, 0) is 9.53 Å². The van der Waals surface area contributed by atoms with Crippen LogP contribution in [0, 0.1) is 27.7 Å². The number of nitrogens with one attached hydrogen (secondary N) is 1. The molecule has 2 aromatic carbocycles. The van der Waals surface area contributed by atoms with Crippen molar-refractivity contribution in [1.29, 1.82) is 0 Å². The van der Waals surface area contributed by atoms with Crippen molar-refractivity contribution in [2.24, 2.45) is 0 Å². The molecule has 0 bridgehead atoms. The molecule has 2 rings (SSSR count). The first-order valence-electron chi connectivity index (χ1n) is 8.19. The molecule has 1 atom stereocenters. The number of phenolic OH excluding ortho intramolecular Hbond substituents is 1. The monoisotopic (exact) mass is 419 g/mol. The number of halogens is 1. The molecule has 2 N–H and O–H groups in total. The summed E-state index contributed by atoms with van der Waals surface area (Å²) in [6.45, 7) is 9.10. The van der Waals surface area contributed by atoms with E-state index in [-0.39, 0.29) is 11.3 Å². The molecular weight excluding hydrogens is 398 g/mol. The molecule has 1 unspecified atom stereocenters. The number of carbonyl (C=O) groups excluding carboxylic acids is 2. The predicted octanol–water partition coefficient (Wildman–Crippen LogP) is 4.57. The molecule has 0 heterocycles. The molecule has 0 aromatic heterocycles. The van der Waals surface area contributed by atoms with E-state index in [0.717, 1.165) is 22.3 Å². The second-order valence-electron chi connectivity index (χ2n) is 6.45. The van der Waals surface area contributed by atoms with Gasteiger partial charge in [-0.1, -0.05) is 17.7 Å². The van der Waals surface area contributed by atoms with E-state index in [1.54, 1.807) is 13.0 Å². The van der Waals surface area contributed by atoms with E-state index in [1.165, 1.54) is 13.0 Å². The number of phenols is 1. The predicted molar refractivity (Wildman–Crippen MR) is 105 cm³/mol. The highest BCUT2D eigenvalue weighted by Gasteiger charge is 2.23. The van der Waals surface area contributed by atoms with Crippen LogP contribution < -0.4 is 5.32 Å². The number of amides is 1. The fourth-order valence-corrected chi connectivity index (χ4v) is 3.34. The summed E-state index contributed by atoms with van der Waals surface area (Å²) in [7, 11) is 0. The molecule has 0 saturated heterocycles. The maximum absolute atomic E-state index is 12.4. The highest BCUT2D eigenvalue weighted by molar-refractivity contribution is 9.10. The van der Waals surface area contributed by atoms with Crippen molar-refractivity contribution in [1.82, 2.24) is 0 Å². The van der Waals surface area contributed by atoms with Crippen molar-refractivity contribution in [3.63, 3.8) is 0 Å². The van der Waals surface area contributed by atoms with Gasteiger partial charge in [-0.25, -0.2) is 4.79 Å². The lowest BCUT2D eigenvalue weighted by Crippen LogP contribution is -2.30. The smallest absolute Gasteiger partial charge is 0.342 e. The standard InChI is InChI=1S/C20H22BrNO4/c1-10-6-12(3)17(13(4)7-10)22-19(24)14(5)26-20(25)15-8-11(2)9-16(21)18(15)23/h6-9,14,23H,1-5H3,(H,22,24). The van der Waals surface area contributed by atoms with Gasteiger partial charge in [-0.15, -0.1) is 0 Å². The van der Waals surface area contributed by atoms with Crippen LogP contribution in [0.1, 0.15) is 39.5 Å². The van der Waals surface area contributed by atoms with Crippen molar-refractivity contribution in [2.45, 2.75) is 40.7 Å². The first-order chi connectivity index (χ1) is 12.1. The van der Waals surface area contributed by atoms with Gasteiger partial charge >= 0.3 is 5.97 Å². The quantitative estimate of drug-likeness (QED) is 0.711. The van der Waals surface area contributed by atoms with Crippen LogP contribution in [0.25, 0.3) is 0 Å². The van der Waals surface area contributed by atoms with Crippen LogP contribution in [-0.4, -0.2) is 23.1 Å². The molecule has 26 heavy (non-hydrogen) atoms. The van der Waals surface area contributed by atoms with Gasteiger partial charge in [0.25, 0.3) is 5.91 Å². The molecule has 0 aliphatic carbocycles. The average molecular weight is 420 g/mol. The second-order valence-corrected chi connectivity index (χ2v) is 7.31. The van der Waals surface area contributed by atoms with Crippen molar-refractivity contribution in [2.75, 3.05) is 5.32 Å². The molecule has 1 amide bonds. The third-order valence-corrected chi connectivity index (χ3v) is 4.61. The van der Waals surface area contributed by atoms with Gasteiger partial charge in [0.2, 0.25) is 0 Å². The number of anilines is 1. The Balaban J connectivity index is 2.14. The summed E-state index contributed by atoms with van der Waals surface area (Å²) in [5, 5.41) is 12.8. The normalized spacial score (nSPS) is 11.8. The molecule has 138 valence electrons. The van der Waals surface area contributed by atoms with Gasteiger partial charge in [0.15, 0.2) is 6.10 Å². The fourth-order valence-electron chi connectivity index (χ4n) is 2.77. The summed E-state index contributed by atoms with van der Waals surface area (Å²) in [4.78, 5) is 24.8. The summed E-state index contributed by atoms with van der Waals surface area (Å²) in [6, 6.07) is 7.15. The number of hydrogen-bond acceptors (Lipinski definition) is 4. The van der Waals surface area contributed by atoms with Crippen molar-refractivity contribution in [3.8, 4) is 5.75 Å². The van der Waals surface area contributed by atoms with Crippen LogP contribution >= 0.6 is 15.9 Å². The number of ether oxygens (including phenoxy) is 1. The van der Waals surface area contributed by atoms with Crippen molar-refractivity contribution >= 4 is 33.5 Å². The van der Waals surface area contributed by atoms with E-state index in [2.05, 4.69) is 21.2 Å². The zero-order chi connectivity index (χ0) is 19.6. The number of carbonyl (C=O) groups is 2. The Kier molecular flexibility index (Phi) is 6.08. The number of hydrogen-bond donors (Lipinski definition) is 2. The van der Waals surface area contributed by atoms with E-state index >= 15 is 0 Å². The molecule has 0 fully saturated rings. The van der Waals surface area contributed by atoms with Crippen LogP contribution in [0.15, 0.2) is 28.7 Å². The van der Waals surface area contributed by atoms with Crippen LogP contribution in [0.3, 0.4) is 0 Å². The summed E-state index contributed by atoms with van der Waals surface area (Å²) in [6.07, 6.45) is -1.01. The first-order valence-corrected chi connectivity index (χ1v) is 8.98. The van der Waals surface area contributed by atoms with Crippen LogP contribution in [0.5, 0.6) is 5.75 Å². The van der Waals surface area contributed by atoms with E-state index in [0.29, 0.717) is 10.2 Å². The maximum Gasteiger partial charge on any atom is 0.342 e.